The molecule has 6 nitrogen and oxygen atoms in total. The summed E-state index contributed by atoms with van der Waals surface area (Å²) in [6.45, 7) is 4.23. The number of amides is 1. The van der Waals surface area contributed by atoms with Crippen molar-refractivity contribution >= 4 is 23.5 Å². The van der Waals surface area contributed by atoms with Gasteiger partial charge in [0.15, 0.2) is 0 Å². The molecule has 128 valence electrons. The molecule has 1 amide bonds. The Bertz CT molecular complexity index is 770. The van der Waals surface area contributed by atoms with Gasteiger partial charge in [0.2, 0.25) is 0 Å². The highest BCUT2D eigenvalue weighted by Crippen LogP contribution is 2.20. The van der Waals surface area contributed by atoms with Crippen molar-refractivity contribution in [1.82, 2.24) is 14.7 Å². The Morgan fingerprint density at radius 3 is 2.58 bits per heavy atom. The molecule has 0 radical (unpaired) electrons. The highest BCUT2D eigenvalue weighted by atomic mass is 35.5. The average Bonchev–Trinajstić information content (AvgIpc) is 2.80. The summed E-state index contributed by atoms with van der Waals surface area (Å²) in [7, 11) is 1.59. The molecule has 1 aromatic carbocycles. The van der Waals surface area contributed by atoms with Crippen LogP contribution in [0.2, 0.25) is 5.02 Å². The zero-order chi connectivity index (χ0) is 17.9. The number of aryl methyl sites for hydroxylation is 1. The first-order valence-electron chi connectivity index (χ1n) is 7.56. The Hall–Kier alpha value is -2.34. The number of aliphatic carboxylic acids is 1. The molecule has 2 rings (SSSR count). The monoisotopic (exact) mass is 349 g/mol. The molecule has 2 aromatic rings. The smallest absolute Gasteiger partial charge is 0.305 e. The number of hydrogen-bond acceptors (Lipinski definition) is 3. The maximum atomic E-state index is 12.6. The Morgan fingerprint density at radius 1 is 1.29 bits per heavy atom. The fourth-order valence-electron chi connectivity index (χ4n) is 2.50. The lowest BCUT2D eigenvalue weighted by atomic mass is 10.1. The molecule has 0 saturated heterocycles. The van der Waals surface area contributed by atoms with Crippen LogP contribution in [0.25, 0.3) is 0 Å². The van der Waals surface area contributed by atoms with Gasteiger partial charge in [-0.3, -0.25) is 14.3 Å². The number of nitrogens with zero attached hydrogens (tertiary/aromatic N) is 3. The molecule has 7 heteroatoms. The first-order valence-corrected chi connectivity index (χ1v) is 7.93. The summed E-state index contributed by atoms with van der Waals surface area (Å²) in [4.78, 5) is 24.7. The van der Waals surface area contributed by atoms with Gasteiger partial charge in [0, 0.05) is 24.3 Å². The quantitative estimate of drug-likeness (QED) is 0.870. The number of carboxylic acid groups (broad SMARTS) is 1. The molecule has 0 aliphatic rings. The largest absolute Gasteiger partial charge is 0.481 e. The lowest BCUT2D eigenvalue weighted by Gasteiger charge is -2.16. The molecule has 1 aromatic heterocycles. The molecular formula is C17H20ClN3O3. The maximum absolute atomic E-state index is 12.6. The summed E-state index contributed by atoms with van der Waals surface area (Å²) in [6, 6.07) is 7.49. The van der Waals surface area contributed by atoms with Gasteiger partial charge in [0.25, 0.3) is 5.91 Å². The van der Waals surface area contributed by atoms with Crippen LogP contribution in [0.3, 0.4) is 0 Å². The zero-order valence-corrected chi connectivity index (χ0v) is 14.7. The Kier molecular flexibility index (Phi) is 5.62. The van der Waals surface area contributed by atoms with Gasteiger partial charge in [-0.25, -0.2) is 0 Å². The van der Waals surface area contributed by atoms with E-state index in [4.69, 9.17) is 16.7 Å². The van der Waals surface area contributed by atoms with Crippen molar-refractivity contribution in [3.8, 4) is 0 Å². The molecule has 0 fully saturated rings. The minimum Gasteiger partial charge on any atom is -0.481 e. The van der Waals surface area contributed by atoms with Crippen LogP contribution in [0.1, 0.15) is 33.7 Å². The highest BCUT2D eigenvalue weighted by Gasteiger charge is 2.22. The number of carboxylic acids is 1. The minimum absolute atomic E-state index is 0.0892. The predicted octanol–water partition coefficient (Wildman–Crippen LogP) is 2.75. The maximum Gasteiger partial charge on any atom is 0.305 e. The van der Waals surface area contributed by atoms with Crippen molar-refractivity contribution in [2.75, 3.05) is 13.6 Å². The predicted molar refractivity (Wildman–Crippen MR) is 91.5 cm³/mol. The van der Waals surface area contributed by atoms with Crippen molar-refractivity contribution in [3.63, 3.8) is 0 Å². The molecule has 0 unspecified atom stereocenters. The fourth-order valence-corrected chi connectivity index (χ4v) is 2.70. The number of hydrogen-bond donors (Lipinski definition) is 1. The van der Waals surface area contributed by atoms with Gasteiger partial charge in [-0.1, -0.05) is 29.8 Å². The standard InChI is InChI=1S/C17H20ClN3O3/c1-11-16(17(24)20(3)9-8-15(22)23)12(2)21(19-11)10-13-6-4-5-7-14(13)18/h4-7H,8-10H2,1-3H3,(H,22,23). The summed E-state index contributed by atoms with van der Waals surface area (Å²) < 4.78 is 1.74. The van der Waals surface area contributed by atoms with Gasteiger partial charge in [0.1, 0.15) is 0 Å². The first kappa shape index (κ1) is 18.0. The normalized spacial score (nSPS) is 10.7. The van der Waals surface area contributed by atoms with E-state index < -0.39 is 5.97 Å². The topological polar surface area (TPSA) is 75.4 Å². The van der Waals surface area contributed by atoms with Crippen LogP contribution in [0.5, 0.6) is 0 Å². The summed E-state index contributed by atoms with van der Waals surface area (Å²) in [5, 5.41) is 13.8. The van der Waals surface area contributed by atoms with E-state index in [0.29, 0.717) is 22.8 Å². The van der Waals surface area contributed by atoms with Gasteiger partial charge in [0.05, 0.1) is 24.2 Å². The van der Waals surface area contributed by atoms with Crippen LogP contribution >= 0.6 is 11.6 Å². The fraction of sp³-hybridized carbons (Fsp3) is 0.353. The average molecular weight is 350 g/mol. The van der Waals surface area contributed by atoms with Crippen molar-refractivity contribution < 1.29 is 14.7 Å². The van der Waals surface area contributed by atoms with E-state index >= 15 is 0 Å². The second kappa shape index (κ2) is 7.49. The lowest BCUT2D eigenvalue weighted by Crippen LogP contribution is -2.29. The Labute approximate surface area is 145 Å². The molecule has 0 atom stereocenters. The summed E-state index contributed by atoms with van der Waals surface area (Å²) in [5.41, 5.74) is 2.78. The van der Waals surface area contributed by atoms with E-state index in [9.17, 15) is 9.59 Å². The van der Waals surface area contributed by atoms with Crippen molar-refractivity contribution in [3.05, 3.63) is 51.8 Å². The molecular weight excluding hydrogens is 330 g/mol. The minimum atomic E-state index is -0.933. The summed E-state index contributed by atoms with van der Waals surface area (Å²) >= 11 is 6.19. The molecule has 0 saturated carbocycles. The molecule has 24 heavy (non-hydrogen) atoms. The second-order valence-electron chi connectivity index (χ2n) is 5.67. The Balaban J connectivity index is 2.24. The van der Waals surface area contributed by atoms with Gasteiger partial charge in [-0.2, -0.15) is 5.10 Å². The van der Waals surface area contributed by atoms with Crippen LogP contribution in [0.4, 0.5) is 0 Å². The van der Waals surface area contributed by atoms with Gasteiger partial charge in [-0.15, -0.1) is 0 Å². The Morgan fingerprint density at radius 2 is 1.96 bits per heavy atom. The number of aromatic nitrogens is 2. The van der Waals surface area contributed by atoms with E-state index in [1.807, 2.05) is 31.2 Å². The third-order valence-electron chi connectivity index (χ3n) is 3.88. The molecule has 0 spiro atoms. The molecule has 0 bridgehead atoms. The lowest BCUT2D eigenvalue weighted by molar-refractivity contribution is -0.137. The van der Waals surface area contributed by atoms with Crippen LogP contribution in [-0.4, -0.2) is 45.3 Å². The van der Waals surface area contributed by atoms with E-state index in [-0.39, 0.29) is 18.9 Å². The third-order valence-corrected chi connectivity index (χ3v) is 4.25. The number of benzene rings is 1. The number of carbonyl (C=O) groups is 2. The van der Waals surface area contributed by atoms with Crippen LogP contribution in [0, 0.1) is 13.8 Å². The highest BCUT2D eigenvalue weighted by molar-refractivity contribution is 6.31. The molecule has 1 N–H and O–H groups in total. The van der Waals surface area contributed by atoms with Gasteiger partial charge >= 0.3 is 5.97 Å². The van der Waals surface area contributed by atoms with E-state index in [2.05, 4.69) is 5.10 Å². The van der Waals surface area contributed by atoms with E-state index in [1.54, 1.807) is 18.7 Å². The third kappa shape index (κ3) is 3.94. The van der Waals surface area contributed by atoms with Gasteiger partial charge in [-0.05, 0) is 25.5 Å². The van der Waals surface area contributed by atoms with E-state index in [0.717, 1.165) is 11.3 Å². The van der Waals surface area contributed by atoms with Gasteiger partial charge < -0.3 is 10.0 Å². The number of halogens is 1. The zero-order valence-electron chi connectivity index (χ0n) is 13.9. The van der Waals surface area contributed by atoms with Crippen molar-refractivity contribution in [1.29, 1.82) is 0 Å². The van der Waals surface area contributed by atoms with Crippen LogP contribution in [-0.2, 0) is 11.3 Å². The molecule has 1 heterocycles. The van der Waals surface area contributed by atoms with E-state index in [1.165, 1.54) is 4.90 Å². The number of rotatable bonds is 6. The SMILES string of the molecule is Cc1nn(Cc2ccccc2Cl)c(C)c1C(=O)N(C)CCC(=O)O. The summed E-state index contributed by atoms with van der Waals surface area (Å²) in [6.07, 6.45) is -0.0892. The van der Waals surface area contributed by atoms with Crippen molar-refractivity contribution in [2.24, 2.45) is 0 Å². The number of carbonyl (C=O) groups excluding carboxylic acids is 1. The first-order chi connectivity index (χ1) is 11.3. The van der Waals surface area contributed by atoms with Crippen LogP contribution in [0.15, 0.2) is 24.3 Å². The second-order valence-corrected chi connectivity index (χ2v) is 6.07. The van der Waals surface area contributed by atoms with Crippen molar-refractivity contribution in [2.45, 2.75) is 26.8 Å². The summed E-state index contributed by atoms with van der Waals surface area (Å²) in [5.74, 6) is -1.16. The molecule has 0 aliphatic heterocycles. The van der Waals surface area contributed by atoms with Crippen LogP contribution < -0.4 is 0 Å². The molecule has 0 aliphatic carbocycles.